The van der Waals surface area contributed by atoms with Crippen molar-refractivity contribution in [1.82, 2.24) is 0 Å². The van der Waals surface area contributed by atoms with E-state index in [1.807, 2.05) is 30.3 Å². The van der Waals surface area contributed by atoms with Crippen molar-refractivity contribution in [3.63, 3.8) is 0 Å². The van der Waals surface area contributed by atoms with Crippen LogP contribution in [0.5, 0.6) is 5.75 Å². The van der Waals surface area contributed by atoms with Gasteiger partial charge in [0.25, 0.3) is 0 Å². The molecule has 0 aliphatic rings. The van der Waals surface area contributed by atoms with E-state index in [-0.39, 0.29) is 0 Å². The standard InChI is InChI=1S/C36H28N2O/c1-37-36-34-15-9-8-14-31(34)20-25-35(36)39-26-38(32-21-16-29(17-22-32)27-10-4-2-5-11-27)33-23-18-30(19-24-33)28-12-6-3-7-13-28/h2-25H,1,26H2. The van der Waals surface area contributed by atoms with Crippen molar-refractivity contribution in [2.24, 2.45) is 4.99 Å². The molecular formula is C36H28N2O. The summed E-state index contributed by atoms with van der Waals surface area (Å²) in [5.74, 6) is 0.704. The molecule has 3 heteroatoms. The Morgan fingerprint density at radius 2 is 1.00 bits per heavy atom. The molecule has 0 heterocycles. The third-order valence-electron chi connectivity index (χ3n) is 6.94. The van der Waals surface area contributed by atoms with Gasteiger partial charge < -0.3 is 9.64 Å². The molecule has 0 unspecified atom stereocenters. The smallest absolute Gasteiger partial charge is 0.165 e. The molecule has 0 radical (unpaired) electrons. The molecule has 6 rings (SSSR count). The van der Waals surface area contributed by atoms with Crippen LogP contribution in [0, 0.1) is 0 Å². The van der Waals surface area contributed by atoms with Gasteiger partial charge in [0, 0.05) is 16.8 Å². The molecule has 0 bridgehead atoms. The molecule has 0 aliphatic carbocycles. The maximum absolute atomic E-state index is 6.43. The molecule has 0 aromatic heterocycles. The van der Waals surface area contributed by atoms with E-state index < -0.39 is 0 Å². The summed E-state index contributed by atoms with van der Waals surface area (Å²) in [7, 11) is 0. The molecule has 3 nitrogen and oxygen atoms in total. The van der Waals surface area contributed by atoms with Gasteiger partial charge in [-0.15, -0.1) is 0 Å². The summed E-state index contributed by atoms with van der Waals surface area (Å²) in [5.41, 5.74) is 7.56. The fraction of sp³-hybridized carbons (Fsp3) is 0.0278. The zero-order valence-corrected chi connectivity index (χ0v) is 21.6. The maximum atomic E-state index is 6.43. The minimum absolute atomic E-state index is 0.316. The topological polar surface area (TPSA) is 24.8 Å². The third kappa shape index (κ3) is 5.16. The lowest BCUT2D eigenvalue weighted by molar-refractivity contribution is 0.328. The Bertz CT molecular complexity index is 1610. The van der Waals surface area contributed by atoms with Crippen LogP contribution < -0.4 is 9.64 Å². The molecular weight excluding hydrogens is 476 g/mol. The number of fused-ring (bicyclic) bond motifs is 1. The van der Waals surface area contributed by atoms with Crippen molar-refractivity contribution >= 4 is 34.6 Å². The molecule has 0 N–H and O–H groups in total. The van der Waals surface area contributed by atoms with Gasteiger partial charge in [0.1, 0.15) is 11.4 Å². The average Bonchev–Trinajstić information content (AvgIpc) is 3.02. The van der Waals surface area contributed by atoms with Crippen LogP contribution in [-0.2, 0) is 0 Å². The fourth-order valence-corrected chi connectivity index (χ4v) is 4.88. The summed E-state index contributed by atoms with van der Waals surface area (Å²) >= 11 is 0. The number of rotatable bonds is 8. The summed E-state index contributed by atoms with van der Waals surface area (Å²) in [5, 5.41) is 2.13. The van der Waals surface area contributed by atoms with Crippen LogP contribution >= 0.6 is 0 Å². The first-order valence-electron chi connectivity index (χ1n) is 13.0. The molecule has 0 aliphatic heterocycles. The molecule has 0 atom stereocenters. The maximum Gasteiger partial charge on any atom is 0.165 e. The number of hydrogen-bond acceptors (Lipinski definition) is 3. The SMILES string of the molecule is C=Nc1c(OCN(c2ccc(-c3ccccc3)cc2)c2ccc(-c3ccccc3)cc2)ccc2ccccc12. The van der Waals surface area contributed by atoms with Crippen molar-refractivity contribution in [2.45, 2.75) is 0 Å². The van der Waals surface area contributed by atoms with Gasteiger partial charge in [-0.3, -0.25) is 4.99 Å². The lowest BCUT2D eigenvalue weighted by Crippen LogP contribution is -2.22. The number of aliphatic imine (C=N–C) groups is 1. The van der Waals surface area contributed by atoms with Crippen molar-refractivity contribution < 1.29 is 4.74 Å². The highest BCUT2D eigenvalue weighted by Crippen LogP contribution is 2.37. The molecule has 0 amide bonds. The highest BCUT2D eigenvalue weighted by molar-refractivity contribution is 5.96. The number of hydrogen-bond donors (Lipinski definition) is 0. The van der Waals surface area contributed by atoms with Crippen molar-refractivity contribution in [3.05, 3.63) is 146 Å². The van der Waals surface area contributed by atoms with Crippen LogP contribution in [0.1, 0.15) is 0 Å². The number of ether oxygens (including phenoxy) is 1. The van der Waals surface area contributed by atoms with E-state index in [9.17, 15) is 0 Å². The minimum Gasteiger partial charge on any atom is -0.470 e. The fourth-order valence-electron chi connectivity index (χ4n) is 4.88. The van der Waals surface area contributed by atoms with E-state index in [4.69, 9.17) is 4.74 Å². The predicted molar refractivity (Wildman–Crippen MR) is 165 cm³/mol. The Kier molecular flexibility index (Phi) is 6.87. The molecule has 0 saturated heterocycles. The van der Waals surface area contributed by atoms with E-state index >= 15 is 0 Å². The molecule has 6 aromatic rings. The predicted octanol–water partition coefficient (Wildman–Crippen LogP) is 9.68. The Balaban J connectivity index is 1.34. The van der Waals surface area contributed by atoms with Crippen molar-refractivity contribution in [2.75, 3.05) is 11.6 Å². The van der Waals surface area contributed by atoms with Gasteiger partial charge in [0.2, 0.25) is 0 Å². The zero-order chi connectivity index (χ0) is 26.4. The molecule has 0 fully saturated rings. The van der Waals surface area contributed by atoms with Gasteiger partial charge in [-0.05, 0) is 64.7 Å². The summed E-state index contributed by atoms with van der Waals surface area (Å²) in [6.45, 7) is 4.13. The van der Waals surface area contributed by atoms with Crippen LogP contribution in [0.15, 0.2) is 151 Å². The second-order valence-electron chi connectivity index (χ2n) is 9.32. The van der Waals surface area contributed by atoms with Gasteiger partial charge in [0.15, 0.2) is 6.73 Å². The Hall–Kier alpha value is -5.15. The van der Waals surface area contributed by atoms with E-state index in [0.717, 1.165) is 27.8 Å². The van der Waals surface area contributed by atoms with Crippen molar-refractivity contribution in [1.29, 1.82) is 0 Å². The normalized spacial score (nSPS) is 10.8. The Morgan fingerprint density at radius 1 is 0.513 bits per heavy atom. The first-order chi connectivity index (χ1) is 19.3. The first-order valence-corrected chi connectivity index (χ1v) is 13.0. The molecule has 0 saturated carbocycles. The molecule has 188 valence electrons. The summed E-state index contributed by atoms with van der Waals surface area (Å²) in [6, 6.07) is 50.2. The molecule has 39 heavy (non-hydrogen) atoms. The number of nitrogens with zero attached hydrogens (tertiary/aromatic N) is 2. The van der Waals surface area contributed by atoms with Gasteiger partial charge in [-0.25, -0.2) is 0 Å². The molecule has 6 aromatic carbocycles. The van der Waals surface area contributed by atoms with Crippen LogP contribution in [0.4, 0.5) is 17.1 Å². The zero-order valence-electron chi connectivity index (χ0n) is 21.6. The van der Waals surface area contributed by atoms with E-state index in [1.165, 1.54) is 22.3 Å². The summed E-state index contributed by atoms with van der Waals surface area (Å²) < 4.78 is 6.43. The summed E-state index contributed by atoms with van der Waals surface area (Å²) in [6.07, 6.45) is 0. The lowest BCUT2D eigenvalue weighted by atomic mass is 10.0. The van der Waals surface area contributed by atoms with Gasteiger partial charge in [0.05, 0.1) is 0 Å². The van der Waals surface area contributed by atoms with Crippen LogP contribution in [0.2, 0.25) is 0 Å². The highest BCUT2D eigenvalue weighted by Gasteiger charge is 2.14. The van der Waals surface area contributed by atoms with Crippen molar-refractivity contribution in [3.8, 4) is 28.0 Å². The van der Waals surface area contributed by atoms with Crippen LogP contribution in [-0.4, -0.2) is 13.4 Å². The van der Waals surface area contributed by atoms with Gasteiger partial charge in [-0.2, -0.15) is 0 Å². The van der Waals surface area contributed by atoms with E-state index in [2.05, 4.69) is 132 Å². The van der Waals surface area contributed by atoms with E-state index in [0.29, 0.717) is 12.5 Å². The highest BCUT2D eigenvalue weighted by atomic mass is 16.5. The Morgan fingerprint density at radius 3 is 1.54 bits per heavy atom. The average molecular weight is 505 g/mol. The van der Waals surface area contributed by atoms with Gasteiger partial charge in [-0.1, -0.05) is 115 Å². The first kappa shape index (κ1) is 24.2. The van der Waals surface area contributed by atoms with Crippen LogP contribution in [0.3, 0.4) is 0 Å². The second-order valence-corrected chi connectivity index (χ2v) is 9.32. The van der Waals surface area contributed by atoms with Crippen LogP contribution in [0.25, 0.3) is 33.0 Å². The minimum atomic E-state index is 0.316. The molecule has 0 spiro atoms. The summed E-state index contributed by atoms with van der Waals surface area (Å²) in [4.78, 5) is 6.49. The quantitative estimate of drug-likeness (QED) is 0.152. The second kappa shape index (κ2) is 11.1. The number of benzene rings is 6. The van der Waals surface area contributed by atoms with Gasteiger partial charge >= 0.3 is 0 Å². The lowest BCUT2D eigenvalue weighted by Gasteiger charge is -2.26. The monoisotopic (exact) mass is 504 g/mol. The van der Waals surface area contributed by atoms with E-state index in [1.54, 1.807) is 0 Å². The largest absolute Gasteiger partial charge is 0.470 e. The third-order valence-corrected chi connectivity index (χ3v) is 6.94. The number of anilines is 2. The Labute approximate surface area is 229 Å².